The minimum absolute atomic E-state index is 0.00565. The lowest BCUT2D eigenvalue weighted by molar-refractivity contribution is -0.147. The van der Waals surface area contributed by atoms with Gasteiger partial charge in [-0.15, -0.1) is 11.8 Å². The first-order valence-electron chi connectivity index (χ1n) is 13.7. The van der Waals surface area contributed by atoms with Gasteiger partial charge in [0.1, 0.15) is 17.0 Å². The van der Waals surface area contributed by atoms with Gasteiger partial charge in [-0.1, -0.05) is 77.8 Å². The number of carbonyl (C=O) groups excluding carboxylic acids is 2. The minimum Gasteiger partial charge on any atom is -0.382 e. The van der Waals surface area contributed by atoms with Crippen LogP contribution in [0.25, 0.3) is 0 Å². The lowest BCUT2D eigenvalue weighted by Gasteiger charge is -2.33. The van der Waals surface area contributed by atoms with Gasteiger partial charge in [-0.3, -0.25) is 9.59 Å². The number of benzene rings is 3. The van der Waals surface area contributed by atoms with Crippen LogP contribution in [0.3, 0.4) is 0 Å². The van der Waals surface area contributed by atoms with Gasteiger partial charge in [0.15, 0.2) is 0 Å². The molecular formula is C31H35Cl2N3O5S2. The standard InChI is InChI=1S/C31H35Cl2N3O5S2/c1-19-10-8-9-13-22(19)17-34-29(38)28-31(3,4)42-18-36(28)30(39)27(37)25(15-21-11-6-5-7-12-21)35-43(40,41)26-14-20(2)23(32)16-24(26)33/h5-14,16,25,27-28,35,37H,15,17-18H2,1-4H3,(H,34,38). The maximum Gasteiger partial charge on any atom is 0.254 e. The van der Waals surface area contributed by atoms with Crippen molar-refractivity contribution in [1.29, 1.82) is 0 Å². The van der Waals surface area contributed by atoms with Crippen LogP contribution in [-0.4, -0.2) is 59.1 Å². The summed E-state index contributed by atoms with van der Waals surface area (Å²) in [5.74, 6) is -0.961. The van der Waals surface area contributed by atoms with Crippen LogP contribution in [0.4, 0.5) is 0 Å². The van der Waals surface area contributed by atoms with Crippen LogP contribution in [-0.2, 0) is 32.6 Å². The van der Waals surface area contributed by atoms with Gasteiger partial charge in [0.2, 0.25) is 15.9 Å². The van der Waals surface area contributed by atoms with Gasteiger partial charge in [-0.2, -0.15) is 0 Å². The van der Waals surface area contributed by atoms with Crippen LogP contribution in [0, 0.1) is 13.8 Å². The molecule has 43 heavy (non-hydrogen) atoms. The Kier molecular flexibility index (Phi) is 10.5. The maximum absolute atomic E-state index is 13.9. The number of halogens is 2. The smallest absolute Gasteiger partial charge is 0.254 e. The molecular weight excluding hydrogens is 629 g/mol. The SMILES string of the molecule is Cc1cc(S(=O)(=O)NC(Cc2ccccc2)C(O)C(=O)N2CSC(C)(C)C2C(=O)NCc2ccccc2C)c(Cl)cc1Cl. The summed E-state index contributed by atoms with van der Waals surface area (Å²) in [5, 5.41) is 14.6. The van der Waals surface area contributed by atoms with Crippen molar-refractivity contribution in [3.8, 4) is 0 Å². The van der Waals surface area contributed by atoms with E-state index in [1.807, 2.05) is 51.1 Å². The van der Waals surface area contributed by atoms with Gasteiger partial charge in [0, 0.05) is 16.3 Å². The molecule has 0 bridgehead atoms. The first-order chi connectivity index (χ1) is 20.2. The highest BCUT2D eigenvalue weighted by Crippen LogP contribution is 2.40. The lowest BCUT2D eigenvalue weighted by atomic mass is 9.97. The average Bonchev–Trinajstić information content (AvgIpc) is 3.28. The molecule has 4 rings (SSSR count). The number of aryl methyl sites for hydroxylation is 2. The van der Waals surface area contributed by atoms with Crippen LogP contribution in [0.2, 0.25) is 10.0 Å². The molecule has 1 aliphatic rings. The number of hydrogen-bond acceptors (Lipinski definition) is 6. The summed E-state index contributed by atoms with van der Waals surface area (Å²) in [4.78, 5) is 28.5. The molecule has 230 valence electrons. The van der Waals surface area contributed by atoms with Crippen molar-refractivity contribution in [2.45, 2.75) is 68.5 Å². The molecule has 3 unspecified atom stereocenters. The fourth-order valence-corrected chi connectivity index (χ4v) is 8.24. The van der Waals surface area contributed by atoms with Gasteiger partial charge in [0.25, 0.3) is 5.91 Å². The molecule has 1 heterocycles. The average molecular weight is 665 g/mol. The maximum atomic E-state index is 13.9. The normalized spacial score (nSPS) is 17.8. The summed E-state index contributed by atoms with van der Waals surface area (Å²) >= 11 is 13.8. The van der Waals surface area contributed by atoms with Crippen LogP contribution in [0.15, 0.2) is 71.6 Å². The van der Waals surface area contributed by atoms with Crippen LogP contribution >= 0.6 is 35.0 Å². The van der Waals surface area contributed by atoms with Crippen LogP contribution in [0.1, 0.15) is 36.1 Å². The zero-order valence-corrected chi connectivity index (χ0v) is 27.4. The van der Waals surface area contributed by atoms with E-state index >= 15 is 0 Å². The highest BCUT2D eigenvalue weighted by atomic mass is 35.5. The molecule has 3 aromatic rings. The number of rotatable bonds is 10. The Labute approximate surface area is 267 Å². The van der Waals surface area contributed by atoms with Gasteiger partial charge < -0.3 is 15.3 Å². The van der Waals surface area contributed by atoms with E-state index in [0.717, 1.165) is 11.1 Å². The number of thioether (sulfide) groups is 1. The van der Waals surface area contributed by atoms with Crippen molar-refractivity contribution in [3.63, 3.8) is 0 Å². The molecule has 1 aliphatic heterocycles. The largest absolute Gasteiger partial charge is 0.382 e. The Morgan fingerprint density at radius 3 is 2.35 bits per heavy atom. The molecule has 3 N–H and O–H groups in total. The predicted molar refractivity (Wildman–Crippen MR) is 172 cm³/mol. The quantitative estimate of drug-likeness (QED) is 0.285. The minimum atomic E-state index is -4.30. The molecule has 0 radical (unpaired) electrons. The number of aliphatic hydroxyl groups is 1. The van der Waals surface area contributed by atoms with E-state index in [9.17, 15) is 23.1 Å². The first-order valence-corrected chi connectivity index (χ1v) is 16.9. The number of hydrogen-bond donors (Lipinski definition) is 3. The Bertz CT molecular complexity index is 1600. The van der Waals surface area contributed by atoms with E-state index in [0.29, 0.717) is 16.1 Å². The highest BCUT2D eigenvalue weighted by Gasteiger charge is 2.50. The van der Waals surface area contributed by atoms with Crippen molar-refractivity contribution in [2.24, 2.45) is 0 Å². The molecule has 0 aromatic heterocycles. The Morgan fingerprint density at radius 2 is 1.67 bits per heavy atom. The number of nitrogens with zero attached hydrogens (tertiary/aromatic N) is 1. The van der Waals surface area contributed by atoms with Crippen LogP contribution < -0.4 is 10.0 Å². The van der Waals surface area contributed by atoms with E-state index in [2.05, 4.69) is 10.0 Å². The molecule has 0 aliphatic carbocycles. The van der Waals surface area contributed by atoms with Crippen molar-refractivity contribution in [1.82, 2.24) is 14.9 Å². The number of sulfonamides is 1. The van der Waals surface area contributed by atoms with E-state index < -0.39 is 38.9 Å². The number of aliphatic hydroxyl groups excluding tert-OH is 1. The fourth-order valence-electron chi connectivity index (χ4n) is 5.03. The molecule has 0 saturated carbocycles. The van der Waals surface area contributed by atoms with Gasteiger partial charge in [-0.05, 0) is 68.5 Å². The Balaban J connectivity index is 1.61. The topological polar surface area (TPSA) is 116 Å². The molecule has 1 saturated heterocycles. The van der Waals surface area contributed by atoms with E-state index in [1.165, 1.54) is 28.8 Å². The van der Waals surface area contributed by atoms with Crippen molar-refractivity contribution < 1.29 is 23.1 Å². The summed E-state index contributed by atoms with van der Waals surface area (Å²) in [7, 11) is -4.30. The molecule has 12 heteroatoms. The van der Waals surface area contributed by atoms with Gasteiger partial charge in [-0.25, -0.2) is 13.1 Å². The molecule has 0 spiro atoms. The van der Waals surface area contributed by atoms with Gasteiger partial charge >= 0.3 is 0 Å². The molecule has 1 fully saturated rings. The highest BCUT2D eigenvalue weighted by molar-refractivity contribution is 8.00. The first kappa shape index (κ1) is 33.3. The summed E-state index contributed by atoms with van der Waals surface area (Å²) < 4.78 is 28.9. The van der Waals surface area contributed by atoms with Crippen molar-refractivity contribution in [2.75, 3.05) is 5.88 Å². The molecule has 3 atom stereocenters. The van der Waals surface area contributed by atoms with Crippen LogP contribution in [0.5, 0.6) is 0 Å². The number of nitrogens with one attached hydrogen (secondary N) is 2. The van der Waals surface area contributed by atoms with E-state index in [4.69, 9.17) is 23.2 Å². The fraction of sp³-hybridized carbons (Fsp3) is 0.355. The zero-order chi connectivity index (χ0) is 31.5. The third kappa shape index (κ3) is 7.74. The summed E-state index contributed by atoms with van der Waals surface area (Å²) in [6.07, 6.45) is -1.80. The number of amides is 2. The second-order valence-electron chi connectivity index (χ2n) is 11.1. The Morgan fingerprint density at radius 1 is 1.02 bits per heavy atom. The predicted octanol–water partition coefficient (Wildman–Crippen LogP) is 4.86. The van der Waals surface area contributed by atoms with Gasteiger partial charge in [0.05, 0.1) is 16.9 Å². The summed E-state index contributed by atoms with van der Waals surface area (Å²) in [5.41, 5.74) is 3.17. The second-order valence-corrected chi connectivity index (χ2v) is 15.2. The van der Waals surface area contributed by atoms with Crippen molar-refractivity contribution in [3.05, 3.63) is 99.0 Å². The summed E-state index contributed by atoms with van der Waals surface area (Å²) in [6.45, 7) is 7.61. The third-order valence-electron chi connectivity index (χ3n) is 7.53. The van der Waals surface area contributed by atoms with E-state index in [-0.39, 0.29) is 34.7 Å². The number of carbonyl (C=O) groups is 2. The molecule has 8 nitrogen and oxygen atoms in total. The Hall–Kier alpha value is -2.60. The second kappa shape index (κ2) is 13.6. The summed E-state index contributed by atoms with van der Waals surface area (Å²) in [6, 6.07) is 17.1. The zero-order valence-electron chi connectivity index (χ0n) is 24.3. The molecule has 2 amide bonds. The van der Waals surface area contributed by atoms with E-state index in [1.54, 1.807) is 31.2 Å². The third-order valence-corrected chi connectivity index (χ3v) is 11.3. The van der Waals surface area contributed by atoms with Crippen molar-refractivity contribution >= 4 is 56.8 Å². The monoisotopic (exact) mass is 663 g/mol. The lowest BCUT2D eigenvalue weighted by Crippen LogP contribution is -2.58. The molecule has 3 aromatic carbocycles.